The van der Waals surface area contributed by atoms with E-state index in [4.69, 9.17) is 4.74 Å². The van der Waals surface area contributed by atoms with E-state index in [1.165, 1.54) is 23.5 Å². The lowest BCUT2D eigenvalue weighted by Gasteiger charge is -2.33. The number of benzene rings is 1. The third kappa shape index (κ3) is 5.59. The predicted octanol–water partition coefficient (Wildman–Crippen LogP) is -0.348. The van der Waals surface area contributed by atoms with Gasteiger partial charge in [-0.05, 0) is 31.0 Å². The number of nitrogens with one attached hydrogen (secondary N) is 2. The van der Waals surface area contributed by atoms with Crippen LogP contribution in [0.3, 0.4) is 0 Å². The van der Waals surface area contributed by atoms with Crippen LogP contribution in [0.15, 0.2) is 23.1 Å². The molecule has 12 heteroatoms. The zero-order chi connectivity index (χ0) is 21.2. The zero-order valence-corrected chi connectivity index (χ0v) is 18.1. The first kappa shape index (κ1) is 21.8. The summed E-state index contributed by atoms with van der Waals surface area (Å²) in [6.07, 6.45) is 2.82. The number of nitrogens with zero attached hydrogens (tertiary/aromatic N) is 2. The van der Waals surface area contributed by atoms with E-state index in [0.29, 0.717) is 24.5 Å². The van der Waals surface area contributed by atoms with Gasteiger partial charge in [0.25, 0.3) is 0 Å². The van der Waals surface area contributed by atoms with Crippen molar-refractivity contribution < 1.29 is 26.4 Å². The number of hydrogen-bond acceptors (Lipinski definition) is 7. The fraction of sp³-hybridized carbons (Fsp3) is 0.588. The Morgan fingerprint density at radius 2 is 1.79 bits per heavy atom. The van der Waals surface area contributed by atoms with Crippen molar-refractivity contribution in [1.29, 1.82) is 0 Å². The Labute approximate surface area is 171 Å². The van der Waals surface area contributed by atoms with Gasteiger partial charge < -0.3 is 15.0 Å². The molecule has 10 nitrogen and oxygen atoms in total. The number of hydrogen-bond donors (Lipinski definition) is 2. The van der Waals surface area contributed by atoms with Gasteiger partial charge in [0.1, 0.15) is 5.75 Å². The van der Waals surface area contributed by atoms with Gasteiger partial charge in [0.15, 0.2) is 0 Å². The number of piperazine rings is 1. The number of rotatable bonds is 8. The van der Waals surface area contributed by atoms with E-state index >= 15 is 0 Å². The lowest BCUT2D eigenvalue weighted by molar-refractivity contribution is -0.130. The molecule has 2 aliphatic rings. The Morgan fingerprint density at radius 1 is 1.14 bits per heavy atom. The third-order valence-electron chi connectivity index (χ3n) is 4.87. The van der Waals surface area contributed by atoms with Crippen LogP contribution in [-0.4, -0.2) is 84.1 Å². The average Bonchev–Trinajstić information content (AvgIpc) is 3.48. The quantitative estimate of drug-likeness (QED) is 0.559. The molecule has 1 aliphatic carbocycles. The zero-order valence-electron chi connectivity index (χ0n) is 16.4. The standard InChI is InChI=1S/C17H26N4O6S2/c1-27-16-6-5-14(29(25,26)19-13-3-4-13)11-15(16)18-12-17(22)20-7-9-21(10-8-20)28(2,23)24/h5-6,11,13,18-19H,3-4,7-10,12H2,1-2H3. The molecule has 0 radical (unpaired) electrons. The molecule has 0 atom stereocenters. The van der Waals surface area contributed by atoms with Crippen molar-refractivity contribution in [3.63, 3.8) is 0 Å². The van der Waals surface area contributed by atoms with Crippen LogP contribution in [-0.2, 0) is 24.8 Å². The van der Waals surface area contributed by atoms with Gasteiger partial charge in [0, 0.05) is 32.2 Å². The Morgan fingerprint density at radius 3 is 2.34 bits per heavy atom. The molecule has 2 N–H and O–H groups in total. The van der Waals surface area contributed by atoms with Crippen molar-refractivity contribution in [3.8, 4) is 5.75 Å². The van der Waals surface area contributed by atoms with Gasteiger partial charge in [-0.25, -0.2) is 21.6 Å². The second-order valence-electron chi connectivity index (χ2n) is 7.15. The molecule has 1 aliphatic heterocycles. The predicted molar refractivity (Wildman–Crippen MR) is 108 cm³/mol. The van der Waals surface area contributed by atoms with E-state index in [1.54, 1.807) is 11.0 Å². The van der Waals surface area contributed by atoms with Crippen LogP contribution < -0.4 is 14.8 Å². The molecule has 1 amide bonds. The first-order chi connectivity index (χ1) is 13.6. The Hall–Kier alpha value is -1.89. The minimum absolute atomic E-state index is 0.00862. The molecule has 3 rings (SSSR count). The molecule has 1 aromatic rings. The van der Waals surface area contributed by atoms with E-state index < -0.39 is 20.0 Å². The summed E-state index contributed by atoms with van der Waals surface area (Å²) in [6.45, 7) is 1.08. The number of carbonyl (C=O) groups excluding carboxylic acids is 1. The Balaban J connectivity index is 1.63. The first-order valence-corrected chi connectivity index (χ1v) is 12.6. The Kier molecular flexibility index (Phi) is 6.36. The molecular weight excluding hydrogens is 420 g/mol. The summed E-state index contributed by atoms with van der Waals surface area (Å²) in [7, 11) is -5.43. The highest BCUT2D eigenvalue weighted by molar-refractivity contribution is 7.89. The summed E-state index contributed by atoms with van der Waals surface area (Å²) in [5, 5.41) is 2.94. The van der Waals surface area contributed by atoms with Gasteiger partial charge in [0.05, 0.1) is 30.5 Å². The highest BCUT2D eigenvalue weighted by Crippen LogP contribution is 2.29. The second-order valence-corrected chi connectivity index (χ2v) is 10.9. The van der Waals surface area contributed by atoms with Gasteiger partial charge >= 0.3 is 0 Å². The molecule has 29 heavy (non-hydrogen) atoms. The molecule has 162 valence electrons. The highest BCUT2D eigenvalue weighted by atomic mass is 32.2. The number of sulfonamides is 2. The number of amides is 1. The molecular formula is C17H26N4O6S2. The maximum atomic E-state index is 12.5. The third-order valence-corrected chi connectivity index (χ3v) is 7.69. The van der Waals surface area contributed by atoms with Crippen molar-refractivity contribution in [2.75, 3.05) is 51.4 Å². The number of anilines is 1. The van der Waals surface area contributed by atoms with Gasteiger partial charge in [-0.1, -0.05) is 0 Å². The van der Waals surface area contributed by atoms with Crippen LogP contribution in [0.1, 0.15) is 12.8 Å². The highest BCUT2D eigenvalue weighted by Gasteiger charge is 2.29. The molecule has 0 bridgehead atoms. The summed E-state index contributed by atoms with van der Waals surface area (Å²) < 4.78 is 57.2. The van der Waals surface area contributed by atoms with Crippen LogP contribution in [0.4, 0.5) is 5.69 Å². The van der Waals surface area contributed by atoms with Crippen LogP contribution >= 0.6 is 0 Å². The van der Waals surface area contributed by atoms with Crippen LogP contribution in [0.2, 0.25) is 0 Å². The fourth-order valence-corrected chi connectivity index (χ4v) is 5.19. The SMILES string of the molecule is COc1ccc(S(=O)(=O)NC2CC2)cc1NCC(=O)N1CCN(S(C)(=O)=O)CC1. The Bertz CT molecular complexity index is 968. The second kappa shape index (κ2) is 8.46. The molecule has 0 spiro atoms. The fourth-order valence-electron chi connectivity index (χ4n) is 3.03. The number of ether oxygens (including phenoxy) is 1. The van der Waals surface area contributed by atoms with Gasteiger partial charge in [-0.15, -0.1) is 0 Å². The van der Waals surface area contributed by atoms with Crippen LogP contribution in [0.25, 0.3) is 0 Å². The van der Waals surface area contributed by atoms with E-state index in [2.05, 4.69) is 10.0 Å². The van der Waals surface area contributed by atoms with Crippen LogP contribution in [0, 0.1) is 0 Å². The molecule has 2 fully saturated rings. The van der Waals surface area contributed by atoms with Crippen LogP contribution in [0.5, 0.6) is 5.75 Å². The maximum absolute atomic E-state index is 12.5. The summed E-state index contributed by atoms with van der Waals surface area (Å²) >= 11 is 0. The van der Waals surface area contributed by atoms with E-state index in [0.717, 1.165) is 19.1 Å². The number of carbonyl (C=O) groups is 1. The van der Waals surface area contributed by atoms with Gasteiger partial charge in [0.2, 0.25) is 26.0 Å². The summed E-state index contributed by atoms with van der Waals surface area (Å²) in [6, 6.07) is 4.43. The molecule has 0 unspecified atom stereocenters. The maximum Gasteiger partial charge on any atom is 0.241 e. The summed E-state index contributed by atoms with van der Waals surface area (Å²) in [5.74, 6) is 0.217. The van der Waals surface area contributed by atoms with Crippen molar-refractivity contribution in [3.05, 3.63) is 18.2 Å². The number of methoxy groups -OCH3 is 1. The largest absolute Gasteiger partial charge is 0.495 e. The molecule has 1 heterocycles. The molecule has 1 saturated heterocycles. The van der Waals surface area contributed by atoms with E-state index in [-0.39, 0.29) is 36.5 Å². The van der Waals surface area contributed by atoms with E-state index in [1.807, 2.05) is 0 Å². The lowest BCUT2D eigenvalue weighted by Crippen LogP contribution is -2.51. The van der Waals surface area contributed by atoms with Crippen molar-refractivity contribution in [1.82, 2.24) is 13.9 Å². The van der Waals surface area contributed by atoms with Crippen molar-refractivity contribution in [2.45, 2.75) is 23.8 Å². The average molecular weight is 447 g/mol. The minimum atomic E-state index is -3.63. The first-order valence-electron chi connectivity index (χ1n) is 9.27. The smallest absolute Gasteiger partial charge is 0.241 e. The minimum Gasteiger partial charge on any atom is -0.495 e. The van der Waals surface area contributed by atoms with Crippen molar-refractivity contribution in [2.24, 2.45) is 0 Å². The normalized spacial score (nSPS) is 18.5. The van der Waals surface area contributed by atoms with Gasteiger partial charge in [-0.3, -0.25) is 4.79 Å². The van der Waals surface area contributed by atoms with Gasteiger partial charge in [-0.2, -0.15) is 4.31 Å². The molecule has 0 aromatic heterocycles. The summed E-state index contributed by atoms with van der Waals surface area (Å²) in [5.41, 5.74) is 0.397. The monoisotopic (exact) mass is 446 g/mol. The molecule has 1 aromatic carbocycles. The molecule has 1 saturated carbocycles. The van der Waals surface area contributed by atoms with Crippen molar-refractivity contribution >= 4 is 31.6 Å². The summed E-state index contributed by atoms with van der Waals surface area (Å²) in [4.78, 5) is 14.2. The lowest BCUT2D eigenvalue weighted by atomic mass is 10.3. The van der Waals surface area contributed by atoms with E-state index in [9.17, 15) is 21.6 Å². The topological polar surface area (TPSA) is 125 Å².